The van der Waals surface area contributed by atoms with E-state index in [9.17, 15) is 9.59 Å². The molecule has 20 heavy (non-hydrogen) atoms. The highest BCUT2D eigenvalue weighted by Gasteiger charge is 2.17. The summed E-state index contributed by atoms with van der Waals surface area (Å²) in [6.45, 7) is 3.88. The van der Waals surface area contributed by atoms with Crippen molar-refractivity contribution in [3.8, 4) is 0 Å². The minimum absolute atomic E-state index is 0.0666. The fourth-order valence-corrected chi connectivity index (χ4v) is 2.48. The zero-order chi connectivity index (χ0) is 14.5. The van der Waals surface area contributed by atoms with Crippen molar-refractivity contribution in [2.45, 2.75) is 26.3 Å². The normalized spacial score (nSPS) is 15.2. The van der Waals surface area contributed by atoms with Crippen molar-refractivity contribution < 1.29 is 14.7 Å². The zero-order valence-corrected chi connectivity index (χ0v) is 11.6. The number of hydrogen-bond acceptors (Lipinski definition) is 3. The van der Waals surface area contributed by atoms with Crippen molar-refractivity contribution in [2.75, 3.05) is 13.1 Å². The highest BCUT2D eigenvalue weighted by Crippen LogP contribution is 2.18. The Morgan fingerprint density at radius 3 is 3.00 bits per heavy atom. The van der Waals surface area contributed by atoms with Gasteiger partial charge in [-0.3, -0.25) is 9.59 Å². The van der Waals surface area contributed by atoms with Crippen molar-refractivity contribution in [1.82, 2.24) is 10.6 Å². The summed E-state index contributed by atoms with van der Waals surface area (Å²) >= 11 is 0. The highest BCUT2D eigenvalue weighted by molar-refractivity contribution is 5.96. The lowest BCUT2D eigenvalue weighted by atomic mass is 9.95. The second-order valence-corrected chi connectivity index (χ2v) is 5.28. The van der Waals surface area contributed by atoms with Gasteiger partial charge in [-0.2, -0.15) is 0 Å². The molecule has 0 spiro atoms. The molecule has 5 nitrogen and oxygen atoms in total. The topological polar surface area (TPSA) is 78.4 Å². The molecule has 1 aliphatic rings. The number of fused-ring (bicyclic) bond motifs is 1. The average molecular weight is 276 g/mol. The summed E-state index contributed by atoms with van der Waals surface area (Å²) in [5.74, 6) is -1.02. The second-order valence-electron chi connectivity index (χ2n) is 5.28. The van der Waals surface area contributed by atoms with Gasteiger partial charge in [-0.05, 0) is 36.1 Å². The molecule has 1 amide bonds. The number of carbonyl (C=O) groups is 2. The first kappa shape index (κ1) is 14.5. The Bertz CT molecular complexity index is 514. The van der Waals surface area contributed by atoms with E-state index in [4.69, 9.17) is 5.11 Å². The lowest BCUT2D eigenvalue weighted by Gasteiger charge is -2.20. The van der Waals surface area contributed by atoms with E-state index >= 15 is 0 Å². The third-order valence-corrected chi connectivity index (χ3v) is 3.52. The first-order valence-electron chi connectivity index (χ1n) is 6.89. The standard InChI is InChI=1S/C15H20N2O3/c1-10(7-14(18)19)8-17-15(20)13-4-2-3-11-9-16-6-5-12(11)13/h2-4,10,16H,5-9H2,1H3,(H,17,20)(H,18,19). The predicted octanol–water partition coefficient (Wildman–Crippen LogP) is 1.17. The summed E-state index contributed by atoms with van der Waals surface area (Å²) in [4.78, 5) is 22.8. The third-order valence-electron chi connectivity index (χ3n) is 3.52. The van der Waals surface area contributed by atoms with Crippen LogP contribution in [-0.4, -0.2) is 30.1 Å². The Morgan fingerprint density at radius 2 is 2.25 bits per heavy atom. The van der Waals surface area contributed by atoms with E-state index in [1.165, 1.54) is 5.56 Å². The number of carboxylic acid groups (broad SMARTS) is 1. The van der Waals surface area contributed by atoms with Crippen LogP contribution >= 0.6 is 0 Å². The van der Waals surface area contributed by atoms with Crippen molar-refractivity contribution in [3.63, 3.8) is 0 Å². The molecule has 0 fully saturated rings. The average Bonchev–Trinajstić information content (AvgIpc) is 2.43. The number of amides is 1. The first-order valence-corrected chi connectivity index (χ1v) is 6.89. The van der Waals surface area contributed by atoms with E-state index in [1.54, 1.807) is 0 Å². The summed E-state index contributed by atoms with van der Waals surface area (Å²) in [5, 5.41) is 14.8. The van der Waals surface area contributed by atoms with Crippen LogP contribution in [0, 0.1) is 5.92 Å². The van der Waals surface area contributed by atoms with Gasteiger partial charge in [0.05, 0.1) is 0 Å². The van der Waals surface area contributed by atoms with Gasteiger partial charge >= 0.3 is 5.97 Å². The SMILES string of the molecule is CC(CNC(=O)c1cccc2c1CCNC2)CC(=O)O. The van der Waals surface area contributed by atoms with E-state index in [0.29, 0.717) is 12.1 Å². The van der Waals surface area contributed by atoms with Crippen LogP contribution in [0.3, 0.4) is 0 Å². The quantitative estimate of drug-likeness (QED) is 0.754. The molecule has 5 heteroatoms. The zero-order valence-electron chi connectivity index (χ0n) is 11.6. The molecular weight excluding hydrogens is 256 g/mol. The molecule has 0 aromatic heterocycles. The lowest BCUT2D eigenvalue weighted by Crippen LogP contribution is -2.32. The molecule has 1 atom stereocenters. The molecule has 2 rings (SSSR count). The van der Waals surface area contributed by atoms with E-state index < -0.39 is 5.97 Å². The summed E-state index contributed by atoms with van der Waals surface area (Å²) in [5.41, 5.74) is 2.99. The second kappa shape index (κ2) is 6.52. The van der Waals surface area contributed by atoms with Gasteiger partial charge in [-0.1, -0.05) is 19.1 Å². The number of hydrogen-bond donors (Lipinski definition) is 3. The maximum Gasteiger partial charge on any atom is 0.303 e. The summed E-state index contributed by atoms with van der Waals surface area (Å²) < 4.78 is 0. The summed E-state index contributed by atoms with van der Waals surface area (Å²) in [7, 11) is 0. The van der Waals surface area contributed by atoms with Crippen molar-refractivity contribution >= 4 is 11.9 Å². The molecule has 1 heterocycles. The monoisotopic (exact) mass is 276 g/mol. The third kappa shape index (κ3) is 3.57. The van der Waals surface area contributed by atoms with E-state index in [-0.39, 0.29) is 18.2 Å². The smallest absolute Gasteiger partial charge is 0.303 e. The molecule has 108 valence electrons. The van der Waals surface area contributed by atoms with Crippen LogP contribution in [0.15, 0.2) is 18.2 Å². The Hall–Kier alpha value is -1.88. The Kier molecular flexibility index (Phi) is 4.74. The maximum atomic E-state index is 12.2. The fraction of sp³-hybridized carbons (Fsp3) is 0.467. The van der Waals surface area contributed by atoms with Crippen LogP contribution in [0.2, 0.25) is 0 Å². The number of nitrogens with one attached hydrogen (secondary N) is 2. The molecule has 1 aromatic carbocycles. The molecule has 1 unspecified atom stereocenters. The number of carbonyl (C=O) groups excluding carboxylic acids is 1. The first-order chi connectivity index (χ1) is 9.58. The fourth-order valence-electron chi connectivity index (χ4n) is 2.48. The molecule has 1 aromatic rings. The molecule has 0 saturated carbocycles. The molecule has 0 bridgehead atoms. The highest BCUT2D eigenvalue weighted by atomic mass is 16.4. The van der Waals surface area contributed by atoms with Crippen LogP contribution < -0.4 is 10.6 Å². The Labute approximate surface area is 118 Å². The number of carboxylic acids is 1. The van der Waals surface area contributed by atoms with Gasteiger partial charge in [0.1, 0.15) is 0 Å². The Morgan fingerprint density at radius 1 is 1.45 bits per heavy atom. The Balaban J connectivity index is 2.01. The van der Waals surface area contributed by atoms with Crippen LogP contribution in [0.5, 0.6) is 0 Å². The number of aliphatic carboxylic acids is 1. The minimum Gasteiger partial charge on any atom is -0.481 e. The van der Waals surface area contributed by atoms with Gasteiger partial charge in [-0.15, -0.1) is 0 Å². The molecule has 1 aliphatic heterocycles. The largest absolute Gasteiger partial charge is 0.481 e. The van der Waals surface area contributed by atoms with Gasteiger partial charge in [0.2, 0.25) is 0 Å². The van der Waals surface area contributed by atoms with Crippen molar-refractivity contribution in [3.05, 3.63) is 34.9 Å². The lowest BCUT2D eigenvalue weighted by molar-refractivity contribution is -0.137. The molecular formula is C15H20N2O3. The van der Waals surface area contributed by atoms with Gasteiger partial charge < -0.3 is 15.7 Å². The van der Waals surface area contributed by atoms with E-state index in [1.807, 2.05) is 25.1 Å². The molecule has 0 aliphatic carbocycles. The number of rotatable bonds is 5. The summed E-state index contributed by atoms with van der Waals surface area (Å²) in [6.07, 6.45) is 0.917. The minimum atomic E-state index is -0.838. The van der Waals surface area contributed by atoms with Gasteiger partial charge in [0, 0.05) is 25.1 Å². The summed E-state index contributed by atoms with van der Waals surface area (Å²) in [6, 6.07) is 5.76. The maximum absolute atomic E-state index is 12.2. The van der Waals surface area contributed by atoms with Crippen LogP contribution in [0.4, 0.5) is 0 Å². The van der Waals surface area contributed by atoms with Gasteiger partial charge in [0.15, 0.2) is 0 Å². The molecule has 0 radical (unpaired) electrons. The predicted molar refractivity (Wildman–Crippen MR) is 75.6 cm³/mol. The van der Waals surface area contributed by atoms with E-state index in [2.05, 4.69) is 10.6 Å². The van der Waals surface area contributed by atoms with Crippen LogP contribution in [-0.2, 0) is 17.8 Å². The van der Waals surface area contributed by atoms with Crippen LogP contribution in [0.25, 0.3) is 0 Å². The molecule has 0 saturated heterocycles. The number of benzene rings is 1. The van der Waals surface area contributed by atoms with E-state index in [0.717, 1.165) is 25.1 Å². The van der Waals surface area contributed by atoms with Crippen molar-refractivity contribution in [1.29, 1.82) is 0 Å². The van der Waals surface area contributed by atoms with Gasteiger partial charge in [-0.25, -0.2) is 0 Å². The molecule has 3 N–H and O–H groups in total. The van der Waals surface area contributed by atoms with Crippen molar-refractivity contribution in [2.24, 2.45) is 5.92 Å². The van der Waals surface area contributed by atoms with Crippen LogP contribution in [0.1, 0.15) is 34.8 Å². The van der Waals surface area contributed by atoms with Gasteiger partial charge in [0.25, 0.3) is 5.91 Å².